The van der Waals surface area contributed by atoms with Gasteiger partial charge in [-0.05, 0) is 55.7 Å². The monoisotopic (exact) mass is 349 g/mol. The molecule has 0 radical (unpaired) electrons. The molecule has 0 aliphatic carbocycles. The number of ether oxygens (including phenoxy) is 2. The Labute approximate surface area is 148 Å². The van der Waals surface area contributed by atoms with Gasteiger partial charge in [-0.3, -0.25) is 4.79 Å². The zero-order valence-corrected chi connectivity index (χ0v) is 14.5. The Morgan fingerprint density at radius 2 is 1.92 bits per heavy atom. The molecule has 138 valence electrons. The van der Waals surface area contributed by atoms with E-state index in [1.807, 2.05) is 12.1 Å². The van der Waals surface area contributed by atoms with Crippen molar-refractivity contribution in [1.29, 1.82) is 0 Å². The van der Waals surface area contributed by atoms with Gasteiger partial charge in [-0.25, -0.2) is 4.79 Å². The van der Waals surface area contributed by atoms with Gasteiger partial charge in [0.25, 0.3) is 0 Å². The highest BCUT2D eigenvalue weighted by Gasteiger charge is 2.13. The van der Waals surface area contributed by atoms with Crippen LogP contribution in [0.5, 0.6) is 5.75 Å². The number of carbonyl (C=O) groups excluding carboxylic acids is 1. The number of nitrogens with one attached hydrogen (secondary N) is 1. The van der Waals surface area contributed by atoms with Crippen molar-refractivity contribution < 1.29 is 24.2 Å². The molecule has 0 spiro atoms. The van der Waals surface area contributed by atoms with Gasteiger partial charge in [0.1, 0.15) is 5.75 Å². The highest BCUT2D eigenvalue weighted by molar-refractivity contribution is 5.75. The van der Waals surface area contributed by atoms with Crippen LogP contribution in [0.4, 0.5) is 0 Å². The van der Waals surface area contributed by atoms with E-state index in [1.54, 1.807) is 12.1 Å². The zero-order valence-electron chi connectivity index (χ0n) is 14.5. The average molecular weight is 349 g/mol. The maximum Gasteiger partial charge on any atom is 0.341 e. The van der Waals surface area contributed by atoms with Crippen LogP contribution in [0.25, 0.3) is 0 Å². The van der Waals surface area contributed by atoms with Crippen LogP contribution in [0.15, 0.2) is 24.3 Å². The standard InChI is InChI=1S/C19H27NO5/c21-18(3-1-2-15-9-12-24-13-10-15)20-11-8-16-4-6-17(7-5-16)25-14-19(22)23/h4-7,15H,1-3,8-14H2,(H,20,21)(H,22,23). The Kier molecular flexibility index (Phi) is 8.25. The van der Waals surface area contributed by atoms with E-state index in [4.69, 9.17) is 14.6 Å². The van der Waals surface area contributed by atoms with Crippen LogP contribution >= 0.6 is 0 Å². The molecular weight excluding hydrogens is 322 g/mol. The molecule has 0 saturated carbocycles. The lowest BCUT2D eigenvalue weighted by Gasteiger charge is -2.21. The zero-order chi connectivity index (χ0) is 17.9. The lowest BCUT2D eigenvalue weighted by molar-refractivity contribution is -0.139. The second-order valence-corrected chi connectivity index (χ2v) is 6.37. The van der Waals surface area contributed by atoms with Crippen molar-refractivity contribution in [1.82, 2.24) is 5.32 Å². The minimum atomic E-state index is -0.997. The lowest BCUT2D eigenvalue weighted by atomic mass is 9.94. The predicted molar refractivity (Wildman–Crippen MR) is 93.7 cm³/mol. The van der Waals surface area contributed by atoms with E-state index in [-0.39, 0.29) is 12.5 Å². The predicted octanol–water partition coefficient (Wildman–Crippen LogP) is 2.41. The Hall–Kier alpha value is -2.08. The third-order valence-corrected chi connectivity index (χ3v) is 4.38. The number of hydrogen-bond donors (Lipinski definition) is 2. The van der Waals surface area contributed by atoms with Crippen LogP contribution in [0, 0.1) is 5.92 Å². The van der Waals surface area contributed by atoms with Crippen molar-refractivity contribution in [2.45, 2.75) is 38.5 Å². The van der Waals surface area contributed by atoms with Crippen LogP contribution in [0.3, 0.4) is 0 Å². The van der Waals surface area contributed by atoms with Crippen LogP contribution in [-0.4, -0.2) is 43.3 Å². The number of carbonyl (C=O) groups is 2. The number of carboxylic acid groups (broad SMARTS) is 1. The molecule has 25 heavy (non-hydrogen) atoms. The first kappa shape index (κ1) is 19.2. The Balaban J connectivity index is 1.56. The fourth-order valence-corrected chi connectivity index (χ4v) is 2.92. The molecule has 0 aromatic heterocycles. The van der Waals surface area contributed by atoms with Gasteiger partial charge in [-0.1, -0.05) is 12.1 Å². The van der Waals surface area contributed by atoms with Crippen molar-refractivity contribution in [3.8, 4) is 5.75 Å². The van der Waals surface area contributed by atoms with E-state index in [2.05, 4.69) is 5.32 Å². The fourth-order valence-electron chi connectivity index (χ4n) is 2.92. The summed E-state index contributed by atoms with van der Waals surface area (Å²) in [6.07, 6.45) is 5.60. The molecule has 1 heterocycles. The van der Waals surface area contributed by atoms with Gasteiger partial charge >= 0.3 is 5.97 Å². The molecule has 1 fully saturated rings. The molecular formula is C19H27NO5. The molecule has 1 aliphatic heterocycles. The molecule has 0 unspecified atom stereocenters. The van der Waals surface area contributed by atoms with E-state index in [9.17, 15) is 9.59 Å². The van der Waals surface area contributed by atoms with Gasteiger partial charge in [0.15, 0.2) is 6.61 Å². The minimum Gasteiger partial charge on any atom is -0.482 e. The maximum atomic E-state index is 11.9. The average Bonchev–Trinajstić information content (AvgIpc) is 2.62. The van der Waals surface area contributed by atoms with E-state index < -0.39 is 5.97 Å². The number of benzene rings is 1. The van der Waals surface area contributed by atoms with E-state index in [0.717, 1.165) is 50.9 Å². The largest absolute Gasteiger partial charge is 0.482 e. The summed E-state index contributed by atoms with van der Waals surface area (Å²) < 4.78 is 10.4. The summed E-state index contributed by atoms with van der Waals surface area (Å²) in [7, 11) is 0. The molecule has 1 aliphatic rings. The molecule has 0 bridgehead atoms. The van der Waals surface area contributed by atoms with Crippen molar-refractivity contribution >= 4 is 11.9 Å². The summed E-state index contributed by atoms with van der Waals surface area (Å²) in [6, 6.07) is 7.25. The lowest BCUT2D eigenvalue weighted by Crippen LogP contribution is -2.25. The second-order valence-electron chi connectivity index (χ2n) is 6.37. The summed E-state index contributed by atoms with van der Waals surface area (Å²) in [6.45, 7) is 1.97. The first-order valence-corrected chi connectivity index (χ1v) is 8.91. The van der Waals surface area contributed by atoms with Gasteiger partial charge in [-0.15, -0.1) is 0 Å². The van der Waals surface area contributed by atoms with Crippen molar-refractivity contribution in [3.05, 3.63) is 29.8 Å². The quantitative estimate of drug-likeness (QED) is 0.677. The molecule has 6 nitrogen and oxygen atoms in total. The second kappa shape index (κ2) is 10.7. The summed E-state index contributed by atoms with van der Waals surface area (Å²) in [4.78, 5) is 22.3. The number of carboxylic acids is 1. The number of rotatable bonds is 10. The third kappa shape index (κ3) is 8.03. The molecule has 1 aromatic carbocycles. The number of hydrogen-bond acceptors (Lipinski definition) is 4. The first-order chi connectivity index (χ1) is 12.1. The van der Waals surface area contributed by atoms with Crippen LogP contribution in [0.2, 0.25) is 0 Å². The molecule has 1 amide bonds. The summed E-state index contributed by atoms with van der Waals surface area (Å²) in [5.41, 5.74) is 1.07. The SMILES string of the molecule is O=C(O)COc1ccc(CCNC(=O)CCCC2CCOCC2)cc1. The molecule has 2 N–H and O–H groups in total. The number of aliphatic carboxylic acids is 1. The minimum absolute atomic E-state index is 0.105. The Morgan fingerprint density at radius 3 is 2.60 bits per heavy atom. The normalized spacial score (nSPS) is 14.9. The third-order valence-electron chi connectivity index (χ3n) is 4.38. The molecule has 0 atom stereocenters. The molecule has 6 heteroatoms. The number of amides is 1. The van der Waals surface area contributed by atoms with Crippen molar-refractivity contribution in [3.63, 3.8) is 0 Å². The van der Waals surface area contributed by atoms with Crippen molar-refractivity contribution in [2.24, 2.45) is 5.92 Å². The summed E-state index contributed by atoms with van der Waals surface area (Å²) >= 11 is 0. The van der Waals surface area contributed by atoms with Crippen LogP contribution in [0.1, 0.15) is 37.7 Å². The maximum absolute atomic E-state index is 11.9. The van der Waals surface area contributed by atoms with Crippen LogP contribution in [-0.2, 0) is 20.7 Å². The molecule has 1 aromatic rings. The topological polar surface area (TPSA) is 84.9 Å². The van der Waals surface area contributed by atoms with Gasteiger partial charge in [0.2, 0.25) is 5.91 Å². The highest BCUT2D eigenvalue weighted by Crippen LogP contribution is 2.20. The fraction of sp³-hybridized carbons (Fsp3) is 0.579. The Morgan fingerprint density at radius 1 is 1.20 bits per heavy atom. The molecule has 2 rings (SSSR count). The van der Waals surface area contributed by atoms with Crippen molar-refractivity contribution in [2.75, 3.05) is 26.4 Å². The highest BCUT2D eigenvalue weighted by atomic mass is 16.5. The Bertz CT molecular complexity index is 537. The van der Waals surface area contributed by atoms with Gasteiger partial charge < -0.3 is 19.9 Å². The summed E-state index contributed by atoms with van der Waals surface area (Å²) in [5, 5.41) is 11.5. The smallest absolute Gasteiger partial charge is 0.341 e. The van der Waals surface area contributed by atoms with E-state index in [0.29, 0.717) is 24.6 Å². The van der Waals surface area contributed by atoms with E-state index >= 15 is 0 Å². The van der Waals surface area contributed by atoms with Gasteiger partial charge in [0, 0.05) is 26.2 Å². The van der Waals surface area contributed by atoms with Crippen LogP contribution < -0.4 is 10.1 Å². The van der Waals surface area contributed by atoms with Gasteiger partial charge in [0.05, 0.1) is 0 Å². The van der Waals surface area contributed by atoms with Gasteiger partial charge in [-0.2, -0.15) is 0 Å². The summed E-state index contributed by atoms with van der Waals surface area (Å²) in [5.74, 6) is 0.351. The van der Waals surface area contributed by atoms with E-state index in [1.165, 1.54) is 0 Å². The molecule has 1 saturated heterocycles. The first-order valence-electron chi connectivity index (χ1n) is 8.91.